The molecule has 0 bridgehead atoms. The van der Waals surface area contributed by atoms with E-state index in [9.17, 15) is 14.4 Å². The SMILES string of the molecule is CCc1nc2c(c(=O)n1Cc1cc(-c3cc(OC)c(F)cc3C#N)on1)CNCC2. The van der Waals surface area contributed by atoms with Crippen molar-refractivity contribution in [3.8, 4) is 23.1 Å². The van der Waals surface area contributed by atoms with Gasteiger partial charge in [0.05, 0.1) is 30.5 Å². The number of nitriles is 1. The third-order valence-corrected chi connectivity index (χ3v) is 5.14. The minimum Gasteiger partial charge on any atom is -0.494 e. The number of rotatable bonds is 5. The number of nitrogens with one attached hydrogen (secondary N) is 1. The number of aromatic nitrogens is 3. The molecule has 2 aromatic heterocycles. The van der Waals surface area contributed by atoms with Crippen molar-refractivity contribution in [3.05, 3.63) is 62.7 Å². The van der Waals surface area contributed by atoms with Crippen molar-refractivity contribution in [1.82, 2.24) is 20.0 Å². The van der Waals surface area contributed by atoms with E-state index in [0.29, 0.717) is 41.4 Å². The average Bonchev–Trinajstić information content (AvgIpc) is 3.23. The van der Waals surface area contributed by atoms with Gasteiger partial charge < -0.3 is 14.6 Å². The molecular weight excluding hydrogens is 389 g/mol. The van der Waals surface area contributed by atoms with Crippen molar-refractivity contribution in [2.45, 2.75) is 32.9 Å². The van der Waals surface area contributed by atoms with Gasteiger partial charge in [0.1, 0.15) is 17.6 Å². The van der Waals surface area contributed by atoms with Crippen LogP contribution in [0.1, 0.15) is 35.3 Å². The number of aryl methyl sites for hydroxylation is 1. The molecule has 0 atom stereocenters. The molecule has 9 heteroatoms. The molecule has 30 heavy (non-hydrogen) atoms. The Labute approximate surface area is 171 Å². The Morgan fingerprint density at radius 1 is 1.40 bits per heavy atom. The number of fused-ring (bicyclic) bond motifs is 1. The van der Waals surface area contributed by atoms with Crippen LogP contribution in [-0.4, -0.2) is 28.4 Å². The maximum atomic E-state index is 13.9. The molecule has 0 saturated carbocycles. The van der Waals surface area contributed by atoms with E-state index in [0.717, 1.165) is 24.7 Å². The molecule has 0 saturated heterocycles. The lowest BCUT2D eigenvalue weighted by Crippen LogP contribution is -2.37. The quantitative estimate of drug-likeness (QED) is 0.688. The fraction of sp³-hybridized carbons (Fsp3) is 0.333. The van der Waals surface area contributed by atoms with E-state index in [-0.39, 0.29) is 23.4 Å². The van der Waals surface area contributed by atoms with Gasteiger partial charge >= 0.3 is 0 Å². The normalized spacial score (nSPS) is 13.0. The number of ether oxygens (including phenoxy) is 1. The zero-order valence-electron chi connectivity index (χ0n) is 16.7. The van der Waals surface area contributed by atoms with Crippen molar-refractivity contribution in [2.24, 2.45) is 0 Å². The molecule has 0 amide bonds. The predicted octanol–water partition coefficient (Wildman–Crippen LogP) is 2.17. The number of methoxy groups -OCH3 is 1. The van der Waals surface area contributed by atoms with Crippen molar-refractivity contribution >= 4 is 0 Å². The summed E-state index contributed by atoms with van der Waals surface area (Å²) in [5.74, 6) is 0.341. The highest BCUT2D eigenvalue weighted by Gasteiger charge is 2.20. The van der Waals surface area contributed by atoms with Gasteiger partial charge in [0.2, 0.25) is 0 Å². The summed E-state index contributed by atoms with van der Waals surface area (Å²) >= 11 is 0. The van der Waals surface area contributed by atoms with Crippen molar-refractivity contribution in [1.29, 1.82) is 5.26 Å². The van der Waals surface area contributed by atoms with E-state index in [4.69, 9.17) is 9.26 Å². The van der Waals surface area contributed by atoms with Crippen molar-refractivity contribution < 1.29 is 13.7 Å². The maximum absolute atomic E-state index is 13.9. The Balaban J connectivity index is 1.72. The molecular formula is C21H20FN5O3. The summed E-state index contributed by atoms with van der Waals surface area (Å²) in [6.07, 6.45) is 1.34. The molecule has 1 N–H and O–H groups in total. The molecule has 1 aliphatic rings. The molecule has 8 nitrogen and oxygen atoms in total. The Bertz CT molecular complexity index is 1210. The van der Waals surface area contributed by atoms with E-state index in [1.807, 2.05) is 13.0 Å². The first-order chi connectivity index (χ1) is 14.5. The van der Waals surface area contributed by atoms with Gasteiger partial charge in [-0.3, -0.25) is 9.36 Å². The second-order valence-corrected chi connectivity index (χ2v) is 6.95. The molecule has 0 unspecified atom stereocenters. The first-order valence-electron chi connectivity index (χ1n) is 9.61. The second kappa shape index (κ2) is 8.08. The third kappa shape index (κ3) is 3.46. The molecule has 0 spiro atoms. The van der Waals surface area contributed by atoms with Gasteiger partial charge in [-0.15, -0.1) is 0 Å². The minimum atomic E-state index is -0.634. The number of nitrogens with zero attached hydrogens (tertiary/aromatic N) is 4. The van der Waals surface area contributed by atoms with Gasteiger partial charge in [0.15, 0.2) is 17.3 Å². The van der Waals surface area contributed by atoms with E-state index in [2.05, 4.69) is 15.5 Å². The lowest BCUT2D eigenvalue weighted by molar-refractivity contribution is 0.385. The highest BCUT2D eigenvalue weighted by Crippen LogP contribution is 2.30. The summed E-state index contributed by atoms with van der Waals surface area (Å²) in [6.45, 7) is 3.44. The van der Waals surface area contributed by atoms with Gasteiger partial charge in [-0.25, -0.2) is 9.37 Å². The van der Waals surface area contributed by atoms with Gasteiger partial charge in [-0.05, 0) is 12.1 Å². The highest BCUT2D eigenvalue weighted by molar-refractivity contribution is 5.68. The topological polar surface area (TPSA) is 106 Å². The Morgan fingerprint density at radius 2 is 2.23 bits per heavy atom. The monoisotopic (exact) mass is 409 g/mol. The van der Waals surface area contributed by atoms with Crippen molar-refractivity contribution in [3.63, 3.8) is 0 Å². The highest BCUT2D eigenvalue weighted by atomic mass is 19.1. The van der Waals surface area contributed by atoms with E-state index >= 15 is 0 Å². The standard InChI is InChI=1S/C21H20FN5O3/c1-3-20-25-17-4-5-24-10-15(17)21(28)27(20)11-13-7-18(30-26-13)14-8-19(29-2)16(22)6-12(14)9-23/h6-8,24H,3-5,10-11H2,1-2H3. The minimum absolute atomic E-state index is 0.00201. The number of halogens is 1. The molecule has 4 rings (SSSR count). The smallest absolute Gasteiger partial charge is 0.258 e. The largest absolute Gasteiger partial charge is 0.494 e. The number of hydrogen-bond donors (Lipinski definition) is 1. The van der Waals surface area contributed by atoms with Crippen LogP contribution in [0.2, 0.25) is 0 Å². The van der Waals surface area contributed by atoms with Crippen LogP contribution < -0.4 is 15.6 Å². The number of hydrogen-bond acceptors (Lipinski definition) is 7. The van der Waals surface area contributed by atoms with Crippen molar-refractivity contribution in [2.75, 3.05) is 13.7 Å². The molecule has 3 aromatic rings. The van der Waals surface area contributed by atoms with Crippen LogP contribution in [-0.2, 0) is 25.9 Å². The fourth-order valence-corrected chi connectivity index (χ4v) is 3.61. The molecule has 0 radical (unpaired) electrons. The van der Waals surface area contributed by atoms with Gasteiger partial charge in [0, 0.05) is 37.6 Å². The maximum Gasteiger partial charge on any atom is 0.258 e. The van der Waals surface area contributed by atoms with Crippen LogP contribution in [0.25, 0.3) is 11.3 Å². The van der Waals surface area contributed by atoms with Crippen LogP contribution in [0, 0.1) is 17.1 Å². The van der Waals surface area contributed by atoms with E-state index in [1.165, 1.54) is 13.2 Å². The van der Waals surface area contributed by atoms with Crippen LogP contribution in [0.15, 0.2) is 27.5 Å². The van der Waals surface area contributed by atoms with Gasteiger partial charge in [0.25, 0.3) is 5.56 Å². The number of benzene rings is 1. The molecule has 1 aliphatic heterocycles. The molecule has 0 fully saturated rings. The Kier molecular flexibility index (Phi) is 5.33. The summed E-state index contributed by atoms with van der Waals surface area (Å²) < 4.78 is 25.9. The summed E-state index contributed by atoms with van der Waals surface area (Å²) in [6, 6.07) is 6.08. The first kappa shape index (κ1) is 19.8. The van der Waals surface area contributed by atoms with Crippen LogP contribution in [0.3, 0.4) is 0 Å². The molecule has 0 aliphatic carbocycles. The third-order valence-electron chi connectivity index (χ3n) is 5.14. The molecule has 3 heterocycles. The summed E-state index contributed by atoms with van der Waals surface area (Å²) in [5.41, 5.74) is 2.41. The van der Waals surface area contributed by atoms with Crippen LogP contribution in [0.4, 0.5) is 4.39 Å². The van der Waals surface area contributed by atoms with Crippen LogP contribution >= 0.6 is 0 Å². The summed E-state index contributed by atoms with van der Waals surface area (Å²) in [5, 5.41) is 16.6. The summed E-state index contributed by atoms with van der Waals surface area (Å²) in [7, 11) is 1.34. The Morgan fingerprint density at radius 3 is 2.97 bits per heavy atom. The molecule has 154 valence electrons. The Hall–Kier alpha value is -3.51. The first-order valence-corrected chi connectivity index (χ1v) is 9.61. The second-order valence-electron chi connectivity index (χ2n) is 6.95. The zero-order chi connectivity index (χ0) is 21.3. The van der Waals surface area contributed by atoms with Gasteiger partial charge in [-0.1, -0.05) is 12.1 Å². The lowest BCUT2D eigenvalue weighted by atomic mass is 10.0. The fourth-order valence-electron chi connectivity index (χ4n) is 3.61. The lowest BCUT2D eigenvalue weighted by Gasteiger charge is -2.19. The summed E-state index contributed by atoms with van der Waals surface area (Å²) in [4.78, 5) is 17.7. The van der Waals surface area contributed by atoms with E-state index in [1.54, 1.807) is 10.6 Å². The molecule has 1 aromatic carbocycles. The predicted molar refractivity (Wildman–Crippen MR) is 106 cm³/mol. The van der Waals surface area contributed by atoms with Crippen LogP contribution in [0.5, 0.6) is 5.75 Å². The van der Waals surface area contributed by atoms with Gasteiger partial charge in [-0.2, -0.15) is 5.26 Å². The average molecular weight is 409 g/mol. The van der Waals surface area contributed by atoms with E-state index < -0.39 is 5.82 Å². The zero-order valence-corrected chi connectivity index (χ0v) is 16.7.